The van der Waals surface area contributed by atoms with Crippen molar-refractivity contribution in [2.24, 2.45) is 0 Å². The van der Waals surface area contributed by atoms with Gasteiger partial charge in [-0.05, 0) is 50.1 Å². The largest absolute Gasteiger partial charge is 0.360 e. The molecule has 0 unspecified atom stereocenters. The van der Waals surface area contributed by atoms with E-state index in [1.54, 1.807) is 6.20 Å². The second-order valence-corrected chi connectivity index (χ2v) is 8.62. The Morgan fingerprint density at radius 2 is 1.89 bits per heavy atom. The molecule has 19 heavy (non-hydrogen) atoms. The van der Waals surface area contributed by atoms with Crippen LogP contribution in [0.1, 0.15) is 15.9 Å². The van der Waals surface area contributed by atoms with Gasteiger partial charge in [0.25, 0.3) is 0 Å². The molecule has 0 fully saturated rings. The zero-order chi connectivity index (χ0) is 13.6. The van der Waals surface area contributed by atoms with Gasteiger partial charge in [0.05, 0.1) is 7.57 Å². The zero-order valence-electron chi connectivity index (χ0n) is 9.34. The third-order valence-corrected chi connectivity index (χ3v) is 5.62. The number of ketones is 1. The third-order valence-electron chi connectivity index (χ3n) is 2.79. The molecular formula is C13H6Br3NOS. The molecule has 0 bridgehead atoms. The van der Waals surface area contributed by atoms with E-state index in [1.807, 2.05) is 24.3 Å². The minimum atomic E-state index is 0.0161. The summed E-state index contributed by atoms with van der Waals surface area (Å²) >= 11 is 11.7. The Hall–Kier alpha value is -0.430. The lowest BCUT2D eigenvalue weighted by molar-refractivity contribution is 0.104. The summed E-state index contributed by atoms with van der Waals surface area (Å²) in [4.78, 5) is 15.7. The highest BCUT2D eigenvalue weighted by molar-refractivity contribution is 9.12. The van der Waals surface area contributed by atoms with Crippen LogP contribution in [0.3, 0.4) is 0 Å². The Morgan fingerprint density at radius 3 is 2.58 bits per heavy atom. The maximum atomic E-state index is 12.6. The highest BCUT2D eigenvalue weighted by Crippen LogP contribution is 2.34. The van der Waals surface area contributed by atoms with E-state index in [-0.39, 0.29) is 5.78 Å². The van der Waals surface area contributed by atoms with Gasteiger partial charge < -0.3 is 4.98 Å². The number of benzene rings is 1. The van der Waals surface area contributed by atoms with Gasteiger partial charge in [-0.15, -0.1) is 11.3 Å². The van der Waals surface area contributed by atoms with Gasteiger partial charge in [0.15, 0.2) is 5.78 Å². The summed E-state index contributed by atoms with van der Waals surface area (Å²) < 4.78 is 2.77. The molecule has 0 saturated heterocycles. The standard InChI is InChI=1S/C13H6Br3NOS/c14-6-1-2-7-9(5-17-10(7)3-6)12(18)8-4-11(15)19-13(8)16/h1-5,17H. The lowest BCUT2D eigenvalue weighted by Gasteiger charge is -1.98. The summed E-state index contributed by atoms with van der Waals surface area (Å²) in [7, 11) is 0. The molecule has 2 aromatic heterocycles. The second-order valence-electron chi connectivity index (χ2n) is 3.96. The van der Waals surface area contributed by atoms with Crippen molar-refractivity contribution < 1.29 is 4.79 Å². The van der Waals surface area contributed by atoms with Crippen molar-refractivity contribution >= 4 is 75.8 Å². The Kier molecular flexibility index (Phi) is 3.68. The lowest BCUT2D eigenvalue weighted by atomic mass is 10.1. The van der Waals surface area contributed by atoms with E-state index in [4.69, 9.17) is 0 Å². The van der Waals surface area contributed by atoms with Crippen LogP contribution < -0.4 is 0 Å². The maximum Gasteiger partial charge on any atom is 0.197 e. The molecule has 3 rings (SSSR count). The van der Waals surface area contributed by atoms with E-state index in [9.17, 15) is 4.79 Å². The molecule has 6 heteroatoms. The summed E-state index contributed by atoms with van der Waals surface area (Å²) in [6.45, 7) is 0. The van der Waals surface area contributed by atoms with Crippen LogP contribution in [0, 0.1) is 0 Å². The minimum absolute atomic E-state index is 0.0161. The first-order valence-corrected chi connectivity index (χ1v) is 8.52. The van der Waals surface area contributed by atoms with Gasteiger partial charge in [0, 0.05) is 32.7 Å². The first-order valence-electron chi connectivity index (χ1n) is 5.32. The Bertz CT molecular complexity index is 790. The number of thiophene rings is 1. The van der Waals surface area contributed by atoms with Gasteiger partial charge in [-0.2, -0.15) is 0 Å². The van der Waals surface area contributed by atoms with E-state index in [1.165, 1.54) is 11.3 Å². The average Bonchev–Trinajstić information content (AvgIpc) is 2.91. The van der Waals surface area contributed by atoms with Gasteiger partial charge in [0.2, 0.25) is 0 Å². The number of fused-ring (bicyclic) bond motifs is 1. The van der Waals surface area contributed by atoms with Gasteiger partial charge >= 0.3 is 0 Å². The van der Waals surface area contributed by atoms with Crippen LogP contribution in [-0.2, 0) is 0 Å². The lowest BCUT2D eigenvalue weighted by Crippen LogP contribution is -1.99. The molecule has 96 valence electrons. The Balaban J connectivity index is 2.14. The summed E-state index contributed by atoms with van der Waals surface area (Å²) in [5.74, 6) is 0.0161. The predicted molar refractivity (Wildman–Crippen MR) is 89.2 cm³/mol. The van der Waals surface area contributed by atoms with Crippen molar-refractivity contribution in [2.45, 2.75) is 0 Å². The number of rotatable bonds is 2. The fraction of sp³-hybridized carbons (Fsp3) is 0. The molecule has 0 spiro atoms. The smallest absolute Gasteiger partial charge is 0.197 e. The van der Waals surface area contributed by atoms with E-state index in [2.05, 4.69) is 52.8 Å². The molecule has 2 nitrogen and oxygen atoms in total. The van der Waals surface area contributed by atoms with E-state index in [0.717, 1.165) is 22.9 Å². The van der Waals surface area contributed by atoms with Crippen LogP contribution in [0.2, 0.25) is 0 Å². The molecule has 0 atom stereocenters. The zero-order valence-corrected chi connectivity index (χ0v) is 14.9. The normalized spacial score (nSPS) is 11.1. The second kappa shape index (κ2) is 5.16. The number of H-pyrrole nitrogens is 1. The molecule has 1 N–H and O–H groups in total. The number of aromatic nitrogens is 1. The third kappa shape index (κ3) is 2.46. The van der Waals surface area contributed by atoms with Crippen molar-refractivity contribution in [2.75, 3.05) is 0 Å². The fourth-order valence-corrected chi connectivity index (χ4v) is 5.08. The van der Waals surface area contributed by atoms with Crippen LogP contribution in [0.5, 0.6) is 0 Å². The number of halogens is 3. The van der Waals surface area contributed by atoms with Crippen molar-refractivity contribution in [3.05, 3.63) is 53.6 Å². The number of nitrogens with one attached hydrogen (secondary N) is 1. The molecule has 0 radical (unpaired) electrons. The van der Waals surface area contributed by atoms with Gasteiger partial charge in [0.1, 0.15) is 0 Å². The monoisotopic (exact) mass is 461 g/mol. The first-order chi connectivity index (χ1) is 9.06. The SMILES string of the molecule is O=C(c1cc(Br)sc1Br)c1c[nH]c2cc(Br)ccc12. The molecule has 2 heterocycles. The van der Waals surface area contributed by atoms with Gasteiger partial charge in [-0.3, -0.25) is 4.79 Å². The topological polar surface area (TPSA) is 32.9 Å². The number of hydrogen-bond donors (Lipinski definition) is 1. The molecule has 0 aliphatic rings. The Labute approximate surface area is 138 Å². The fourth-order valence-electron chi connectivity index (χ4n) is 1.93. The van der Waals surface area contributed by atoms with Crippen LogP contribution in [0.15, 0.2) is 42.5 Å². The quantitative estimate of drug-likeness (QED) is 0.482. The van der Waals surface area contributed by atoms with Crippen molar-refractivity contribution in [3.63, 3.8) is 0 Å². The summed E-state index contributed by atoms with van der Waals surface area (Å²) in [6.07, 6.45) is 1.76. The molecular weight excluding hydrogens is 458 g/mol. The highest BCUT2D eigenvalue weighted by Gasteiger charge is 2.18. The van der Waals surface area contributed by atoms with Crippen LogP contribution in [0.4, 0.5) is 0 Å². The van der Waals surface area contributed by atoms with Crippen LogP contribution in [-0.4, -0.2) is 10.8 Å². The Morgan fingerprint density at radius 1 is 1.11 bits per heavy atom. The number of aromatic amines is 1. The summed E-state index contributed by atoms with van der Waals surface area (Å²) in [5, 5.41) is 0.933. The average molecular weight is 464 g/mol. The molecule has 3 aromatic rings. The van der Waals surface area contributed by atoms with Crippen LogP contribution in [0.25, 0.3) is 10.9 Å². The van der Waals surface area contributed by atoms with E-state index >= 15 is 0 Å². The summed E-state index contributed by atoms with van der Waals surface area (Å²) in [6, 6.07) is 7.68. The molecule has 0 saturated carbocycles. The number of carbonyl (C=O) groups excluding carboxylic acids is 1. The van der Waals surface area contributed by atoms with Crippen molar-refractivity contribution in [3.8, 4) is 0 Å². The molecule has 0 aliphatic heterocycles. The van der Waals surface area contributed by atoms with Gasteiger partial charge in [-0.1, -0.05) is 22.0 Å². The highest BCUT2D eigenvalue weighted by atomic mass is 79.9. The molecule has 0 amide bonds. The molecule has 1 aromatic carbocycles. The number of carbonyl (C=O) groups is 1. The maximum absolute atomic E-state index is 12.6. The summed E-state index contributed by atoms with van der Waals surface area (Å²) in [5.41, 5.74) is 2.32. The van der Waals surface area contributed by atoms with Crippen molar-refractivity contribution in [1.82, 2.24) is 4.98 Å². The van der Waals surface area contributed by atoms with Gasteiger partial charge in [-0.25, -0.2) is 0 Å². The van der Waals surface area contributed by atoms with E-state index < -0.39 is 0 Å². The molecule has 0 aliphatic carbocycles. The number of hydrogen-bond acceptors (Lipinski definition) is 2. The minimum Gasteiger partial charge on any atom is -0.360 e. The van der Waals surface area contributed by atoms with E-state index in [0.29, 0.717) is 11.1 Å². The predicted octanol–water partition coefficient (Wildman–Crippen LogP) is 5.75. The van der Waals surface area contributed by atoms with Crippen LogP contribution >= 0.6 is 59.1 Å². The first kappa shape index (κ1) is 13.5. The van der Waals surface area contributed by atoms with Crippen molar-refractivity contribution in [1.29, 1.82) is 0 Å².